The molecule has 1 aromatic heterocycles. The van der Waals surface area contributed by atoms with Gasteiger partial charge in [-0.15, -0.1) is 0 Å². The fourth-order valence-electron chi connectivity index (χ4n) is 3.45. The molecule has 6 heteroatoms. The molecule has 1 fully saturated rings. The SMILES string of the molecule is Cc1ccc(-n2c(C)cc(C=C3SC(=O)N(c4ccc(Cl)cc4)C3=O)c2C)cc1. The van der Waals surface area contributed by atoms with Gasteiger partial charge in [-0.3, -0.25) is 9.59 Å². The molecule has 146 valence electrons. The number of aromatic nitrogens is 1. The van der Waals surface area contributed by atoms with Gasteiger partial charge in [-0.2, -0.15) is 0 Å². The number of hydrogen-bond acceptors (Lipinski definition) is 3. The quantitative estimate of drug-likeness (QED) is 0.465. The van der Waals surface area contributed by atoms with E-state index in [1.54, 1.807) is 30.3 Å². The highest BCUT2D eigenvalue weighted by Gasteiger charge is 2.36. The third-order valence-corrected chi connectivity index (χ3v) is 6.05. The van der Waals surface area contributed by atoms with E-state index in [1.807, 2.05) is 19.9 Å². The zero-order valence-electron chi connectivity index (χ0n) is 16.3. The molecular formula is C23H19ClN2O2S. The lowest BCUT2D eigenvalue weighted by molar-refractivity contribution is -0.113. The number of amides is 2. The van der Waals surface area contributed by atoms with E-state index in [2.05, 4.69) is 35.8 Å². The van der Waals surface area contributed by atoms with Crippen molar-refractivity contribution < 1.29 is 9.59 Å². The van der Waals surface area contributed by atoms with Gasteiger partial charge in [0.1, 0.15) is 0 Å². The van der Waals surface area contributed by atoms with Crippen molar-refractivity contribution in [2.75, 3.05) is 4.90 Å². The third kappa shape index (κ3) is 3.63. The van der Waals surface area contributed by atoms with E-state index in [9.17, 15) is 9.59 Å². The van der Waals surface area contributed by atoms with Crippen LogP contribution >= 0.6 is 23.4 Å². The highest BCUT2D eigenvalue weighted by molar-refractivity contribution is 8.19. The molecule has 0 aliphatic carbocycles. The number of rotatable bonds is 3. The molecule has 4 rings (SSSR count). The van der Waals surface area contributed by atoms with Crippen LogP contribution < -0.4 is 4.90 Å². The van der Waals surface area contributed by atoms with Crippen molar-refractivity contribution in [3.63, 3.8) is 0 Å². The van der Waals surface area contributed by atoms with E-state index >= 15 is 0 Å². The second-order valence-electron chi connectivity index (χ2n) is 6.99. The average molecular weight is 423 g/mol. The predicted octanol–water partition coefficient (Wildman–Crippen LogP) is 6.30. The highest BCUT2D eigenvalue weighted by atomic mass is 35.5. The van der Waals surface area contributed by atoms with Crippen molar-refractivity contribution in [1.29, 1.82) is 0 Å². The van der Waals surface area contributed by atoms with Crippen LogP contribution in [0.1, 0.15) is 22.5 Å². The van der Waals surface area contributed by atoms with Crippen molar-refractivity contribution >= 4 is 46.3 Å². The summed E-state index contributed by atoms with van der Waals surface area (Å²) in [7, 11) is 0. The lowest BCUT2D eigenvalue weighted by Crippen LogP contribution is -2.27. The van der Waals surface area contributed by atoms with E-state index in [0.717, 1.165) is 34.4 Å². The first-order chi connectivity index (χ1) is 13.8. The topological polar surface area (TPSA) is 42.3 Å². The smallest absolute Gasteiger partial charge is 0.298 e. The lowest BCUT2D eigenvalue weighted by Gasteiger charge is -2.12. The zero-order chi connectivity index (χ0) is 20.7. The van der Waals surface area contributed by atoms with Gasteiger partial charge in [0.05, 0.1) is 10.6 Å². The van der Waals surface area contributed by atoms with E-state index < -0.39 is 0 Å². The van der Waals surface area contributed by atoms with E-state index in [-0.39, 0.29) is 11.1 Å². The van der Waals surface area contributed by atoms with Crippen molar-refractivity contribution in [1.82, 2.24) is 4.57 Å². The van der Waals surface area contributed by atoms with Crippen LogP contribution in [0.25, 0.3) is 11.8 Å². The summed E-state index contributed by atoms with van der Waals surface area (Å²) in [6.45, 7) is 6.10. The molecule has 1 saturated heterocycles. The number of carbonyl (C=O) groups excluding carboxylic acids is 2. The summed E-state index contributed by atoms with van der Waals surface area (Å²) in [4.78, 5) is 27.0. The molecule has 0 N–H and O–H groups in total. The summed E-state index contributed by atoms with van der Waals surface area (Å²) >= 11 is 6.87. The molecule has 29 heavy (non-hydrogen) atoms. The maximum Gasteiger partial charge on any atom is 0.298 e. The van der Waals surface area contributed by atoms with Crippen LogP contribution in [-0.2, 0) is 4.79 Å². The number of hydrogen-bond donors (Lipinski definition) is 0. The number of halogens is 1. The minimum atomic E-state index is -0.317. The zero-order valence-corrected chi connectivity index (χ0v) is 17.8. The Kier molecular flexibility index (Phi) is 5.11. The second-order valence-corrected chi connectivity index (χ2v) is 8.42. The van der Waals surface area contributed by atoms with Crippen molar-refractivity contribution in [3.8, 4) is 5.69 Å². The Morgan fingerprint density at radius 2 is 1.52 bits per heavy atom. The molecule has 1 aliphatic rings. The Labute approximate surface area is 178 Å². The minimum absolute atomic E-state index is 0.309. The van der Waals surface area contributed by atoms with Crippen molar-refractivity contribution in [3.05, 3.63) is 87.0 Å². The number of imide groups is 1. The van der Waals surface area contributed by atoms with Crippen LogP contribution in [0.5, 0.6) is 0 Å². The molecule has 2 amide bonds. The van der Waals surface area contributed by atoms with Gasteiger partial charge in [-0.05, 0) is 86.6 Å². The number of thioether (sulfide) groups is 1. The van der Waals surface area contributed by atoms with Gasteiger partial charge < -0.3 is 4.57 Å². The molecular weight excluding hydrogens is 404 g/mol. The predicted molar refractivity (Wildman–Crippen MR) is 120 cm³/mol. The summed E-state index contributed by atoms with van der Waals surface area (Å²) in [5.74, 6) is -0.317. The van der Waals surface area contributed by atoms with Crippen LogP contribution in [0, 0.1) is 20.8 Å². The molecule has 0 atom stereocenters. The summed E-state index contributed by atoms with van der Waals surface area (Å²) in [5, 5.41) is 0.246. The first kappa shape index (κ1) is 19.6. The number of aryl methyl sites for hydroxylation is 2. The molecule has 2 aromatic carbocycles. The van der Waals surface area contributed by atoms with E-state index in [0.29, 0.717) is 15.6 Å². The summed E-state index contributed by atoms with van der Waals surface area (Å²) in [6.07, 6.45) is 1.80. The molecule has 4 nitrogen and oxygen atoms in total. The van der Waals surface area contributed by atoms with Gasteiger partial charge in [0.2, 0.25) is 0 Å². The number of anilines is 1. The molecule has 2 heterocycles. The normalized spacial score (nSPS) is 15.6. The summed E-state index contributed by atoms with van der Waals surface area (Å²) < 4.78 is 2.15. The highest BCUT2D eigenvalue weighted by Crippen LogP contribution is 2.37. The molecule has 3 aromatic rings. The van der Waals surface area contributed by atoms with E-state index in [1.165, 1.54) is 10.5 Å². The standard InChI is InChI=1S/C23H19ClN2O2S/c1-14-4-8-19(9-5-14)25-15(2)12-17(16(25)3)13-21-22(27)26(23(28)29-21)20-10-6-18(24)7-11-20/h4-13H,1-3H3. The van der Waals surface area contributed by atoms with Gasteiger partial charge in [-0.1, -0.05) is 29.3 Å². The maximum atomic E-state index is 12.9. The van der Waals surface area contributed by atoms with Gasteiger partial charge in [-0.25, -0.2) is 4.90 Å². The van der Waals surface area contributed by atoms with Crippen LogP contribution in [0.3, 0.4) is 0 Å². The Hall–Kier alpha value is -2.76. The van der Waals surface area contributed by atoms with E-state index in [4.69, 9.17) is 11.6 Å². The Morgan fingerprint density at radius 3 is 2.17 bits per heavy atom. The van der Waals surface area contributed by atoms with Gasteiger partial charge in [0.15, 0.2) is 0 Å². The van der Waals surface area contributed by atoms with Crippen LogP contribution in [0.15, 0.2) is 59.5 Å². The fraction of sp³-hybridized carbons (Fsp3) is 0.130. The van der Waals surface area contributed by atoms with Crippen molar-refractivity contribution in [2.24, 2.45) is 0 Å². The number of benzene rings is 2. The molecule has 0 unspecified atom stereocenters. The van der Waals surface area contributed by atoms with Gasteiger partial charge in [0.25, 0.3) is 11.1 Å². The largest absolute Gasteiger partial charge is 0.318 e. The van der Waals surface area contributed by atoms with Crippen LogP contribution in [-0.4, -0.2) is 15.7 Å². The minimum Gasteiger partial charge on any atom is -0.318 e. The average Bonchev–Trinajstić information content (AvgIpc) is 3.12. The molecule has 0 radical (unpaired) electrons. The molecule has 1 aliphatic heterocycles. The Morgan fingerprint density at radius 1 is 0.897 bits per heavy atom. The lowest BCUT2D eigenvalue weighted by atomic mass is 10.2. The van der Waals surface area contributed by atoms with Gasteiger partial charge >= 0.3 is 0 Å². The molecule has 0 spiro atoms. The third-order valence-electron chi connectivity index (χ3n) is 4.93. The first-order valence-electron chi connectivity index (χ1n) is 9.14. The Bertz CT molecular complexity index is 1140. The second kappa shape index (κ2) is 7.58. The van der Waals surface area contributed by atoms with Crippen LogP contribution in [0.2, 0.25) is 5.02 Å². The fourth-order valence-corrected chi connectivity index (χ4v) is 4.40. The van der Waals surface area contributed by atoms with Crippen molar-refractivity contribution in [2.45, 2.75) is 20.8 Å². The summed E-state index contributed by atoms with van der Waals surface area (Å²) in [6, 6.07) is 17.0. The van der Waals surface area contributed by atoms with Gasteiger partial charge in [0, 0.05) is 22.1 Å². The number of carbonyl (C=O) groups is 2. The Balaban J connectivity index is 1.69. The first-order valence-corrected chi connectivity index (χ1v) is 10.3. The number of nitrogens with zero attached hydrogens (tertiary/aromatic N) is 2. The maximum absolute atomic E-state index is 12.9. The molecule has 0 saturated carbocycles. The van der Waals surface area contributed by atoms with Crippen LogP contribution in [0.4, 0.5) is 10.5 Å². The summed E-state index contributed by atoms with van der Waals surface area (Å²) in [5.41, 5.74) is 5.79. The molecule has 0 bridgehead atoms. The monoisotopic (exact) mass is 422 g/mol.